The van der Waals surface area contributed by atoms with E-state index in [2.05, 4.69) is 31.3 Å². The maximum absolute atomic E-state index is 12.5. The van der Waals surface area contributed by atoms with Crippen LogP contribution in [-0.4, -0.2) is 36.0 Å². The molecule has 2 rings (SSSR count). The van der Waals surface area contributed by atoms with Crippen molar-refractivity contribution in [2.75, 3.05) is 18.4 Å². The summed E-state index contributed by atoms with van der Waals surface area (Å²) < 4.78 is 0. The number of likely N-dealkylation sites (tertiary alicyclic amines) is 1. The first-order valence-corrected chi connectivity index (χ1v) is 7.86. The van der Waals surface area contributed by atoms with Crippen molar-refractivity contribution in [3.05, 3.63) is 29.3 Å². The van der Waals surface area contributed by atoms with E-state index in [4.69, 9.17) is 5.73 Å². The molecule has 1 aliphatic rings. The number of rotatable bonds is 4. The Hall–Kier alpha value is -1.55. The van der Waals surface area contributed by atoms with E-state index in [-0.39, 0.29) is 18.0 Å². The van der Waals surface area contributed by atoms with Crippen molar-refractivity contribution in [2.24, 2.45) is 5.73 Å². The van der Waals surface area contributed by atoms with Crippen LogP contribution in [-0.2, 0) is 4.79 Å². The first-order valence-electron chi connectivity index (χ1n) is 7.86. The summed E-state index contributed by atoms with van der Waals surface area (Å²) in [5, 5.41) is 3.31. The standard InChI is InChI=1S/C17H27N3O/c1-12-7-6-8-13(2)17(12)19-11-16(21)20-10-5-4-9-15(20)14(3)18/h6-8,14-15,19H,4-5,9-11,18H2,1-3H3. The molecule has 1 aliphatic heterocycles. The molecular formula is C17H27N3O. The van der Waals surface area contributed by atoms with Gasteiger partial charge in [-0.3, -0.25) is 4.79 Å². The van der Waals surface area contributed by atoms with Crippen LogP contribution in [0.25, 0.3) is 0 Å². The molecule has 1 aromatic rings. The number of nitrogens with one attached hydrogen (secondary N) is 1. The second-order valence-corrected chi connectivity index (χ2v) is 6.13. The van der Waals surface area contributed by atoms with Gasteiger partial charge in [0.05, 0.1) is 6.54 Å². The molecule has 0 spiro atoms. The Labute approximate surface area is 127 Å². The fourth-order valence-corrected chi connectivity index (χ4v) is 3.17. The normalized spacial score (nSPS) is 20.2. The second-order valence-electron chi connectivity index (χ2n) is 6.13. The monoisotopic (exact) mass is 289 g/mol. The van der Waals surface area contributed by atoms with Gasteiger partial charge in [-0.25, -0.2) is 0 Å². The summed E-state index contributed by atoms with van der Waals surface area (Å²) in [6.45, 7) is 7.29. The zero-order valence-electron chi connectivity index (χ0n) is 13.4. The highest BCUT2D eigenvalue weighted by molar-refractivity contribution is 5.82. The first kappa shape index (κ1) is 15.8. The Morgan fingerprint density at radius 2 is 2.05 bits per heavy atom. The molecule has 0 aromatic heterocycles. The van der Waals surface area contributed by atoms with Crippen molar-refractivity contribution >= 4 is 11.6 Å². The van der Waals surface area contributed by atoms with Crippen LogP contribution in [0, 0.1) is 13.8 Å². The third kappa shape index (κ3) is 3.76. The number of benzene rings is 1. The van der Waals surface area contributed by atoms with Gasteiger partial charge in [0.15, 0.2) is 0 Å². The number of hydrogen-bond acceptors (Lipinski definition) is 3. The molecule has 2 atom stereocenters. The number of nitrogens with two attached hydrogens (primary N) is 1. The predicted molar refractivity (Wildman–Crippen MR) is 87.4 cm³/mol. The van der Waals surface area contributed by atoms with Crippen molar-refractivity contribution in [1.29, 1.82) is 0 Å². The quantitative estimate of drug-likeness (QED) is 0.895. The molecule has 0 aliphatic carbocycles. The summed E-state index contributed by atoms with van der Waals surface area (Å²) in [4.78, 5) is 14.5. The van der Waals surface area contributed by atoms with Crippen molar-refractivity contribution in [1.82, 2.24) is 4.90 Å². The Balaban J connectivity index is 2.00. The number of amides is 1. The number of carbonyl (C=O) groups is 1. The number of piperidine rings is 1. The van der Waals surface area contributed by atoms with Crippen molar-refractivity contribution in [2.45, 2.75) is 52.1 Å². The van der Waals surface area contributed by atoms with Gasteiger partial charge in [-0.1, -0.05) is 18.2 Å². The van der Waals surface area contributed by atoms with Crippen molar-refractivity contribution in [3.63, 3.8) is 0 Å². The number of nitrogens with zero attached hydrogens (tertiary/aromatic N) is 1. The Morgan fingerprint density at radius 1 is 1.38 bits per heavy atom. The highest BCUT2D eigenvalue weighted by atomic mass is 16.2. The number of anilines is 1. The highest BCUT2D eigenvalue weighted by Crippen LogP contribution is 2.21. The van der Waals surface area contributed by atoms with Crippen LogP contribution in [0.1, 0.15) is 37.3 Å². The van der Waals surface area contributed by atoms with Crippen molar-refractivity contribution < 1.29 is 4.79 Å². The topological polar surface area (TPSA) is 58.4 Å². The van der Waals surface area contributed by atoms with Gasteiger partial charge in [-0.05, 0) is 51.2 Å². The van der Waals surface area contributed by atoms with Crippen LogP contribution in [0.4, 0.5) is 5.69 Å². The largest absolute Gasteiger partial charge is 0.376 e. The summed E-state index contributed by atoms with van der Waals surface area (Å²) in [6, 6.07) is 6.38. The average Bonchev–Trinajstić information content (AvgIpc) is 2.46. The Kier molecular flexibility index (Phi) is 5.23. The molecule has 0 saturated carbocycles. The third-order valence-electron chi connectivity index (χ3n) is 4.37. The summed E-state index contributed by atoms with van der Waals surface area (Å²) in [7, 11) is 0. The van der Waals surface area contributed by atoms with E-state index < -0.39 is 0 Å². The summed E-state index contributed by atoms with van der Waals surface area (Å²) in [6.07, 6.45) is 3.27. The van der Waals surface area contributed by atoms with Gasteiger partial charge in [-0.15, -0.1) is 0 Å². The van der Waals surface area contributed by atoms with Gasteiger partial charge < -0.3 is 16.0 Å². The lowest BCUT2D eigenvalue weighted by atomic mass is 9.97. The van der Waals surface area contributed by atoms with Crippen LogP contribution in [0.5, 0.6) is 0 Å². The van der Waals surface area contributed by atoms with Crippen molar-refractivity contribution in [3.8, 4) is 0 Å². The van der Waals surface area contributed by atoms with E-state index in [1.54, 1.807) is 0 Å². The van der Waals surface area contributed by atoms with Gasteiger partial charge in [0, 0.05) is 24.3 Å². The summed E-state index contributed by atoms with van der Waals surface area (Å²) in [5.74, 6) is 0.152. The fourth-order valence-electron chi connectivity index (χ4n) is 3.17. The van der Waals surface area contributed by atoms with Gasteiger partial charge >= 0.3 is 0 Å². The van der Waals surface area contributed by atoms with E-state index in [1.165, 1.54) is 17.5 Å². The Morgan fingerprint density at radius 3 is 2.67 bits per heavy atom. The molecule has 0 radical (unpaired) electrons. The predicted octanol–water partition coefficient (Wildman–Crippen LogP) is 2.44. The number of para-hydroxylation sites is 1. The molecule has 4 nitrogen and oxygen atoms in total. The Bertz CT molecular complexity index is 479. The second kappa shape index (κ2) is 6.94. The van der Waals surface area contributed by atoms with Gasteiger partial charge in [0.2, 0.25) is 5.91 Å². The van der Waals surface area contributed by atoms with E-state index in [0.717, 1.165) is 25.1 Å². The minimum atomic E-state index is 0.0365. The number of carbonyl (C=O) groups excluding carboxylic acids is 1. The number of aryl methyl sites for hydroxylation is 2. The summed E-state index contributed by atoms with van der Waals surface area (Å²) >= 11 is 0. The molecular weight excluding hydrogens is 262 g/mol. The lowest BCUT2D eigenvalue weighted by molar-refractivity contribution is -0.133. The van der Waals surface area contributed by atoms with E-state index in [0.29, 0.717) is 6.54 Å². The maximum Gasteiger partial charge on any atom is 0.242 e. The van der Waals surface area contributed by atoms with Crippen LogP contribution in [0.15, 0.2) is 18.2 Å². The minimum absolute atomic E-state index is 0.0365. The molecule has 21 heavy (non-hydrogen) atoms. The van der Waals surface area contributed by atoms with Crippen LogP contribution in [0.2, 0.25) is 0 Å². The summed E-state index contributed by atoms with van der Waals surface area (Å²) in [5.41, 5.74) is 9.45. The molecule has 0 bridgehead atoms. The molecule has 4 heteroatoms. The molecule has 2 unspecified atom stereocenters. The molecule has 1 aromatic carbocycles. The molecule has 3 N–H and O–H groups in total. The van der Waals surface area contributed by atoms with Gasteiger partial charge in [0.25, 0.3) is 0 Å². The lowest BCUT2D eigenvalue weighted by Crippen LogP contribution is -2.53. The molecule has 1 saturated heterocycles. The average molecular weight is 289 g/mol. The minimum Gasteiger partial charge on any atom is -0.376 e. The SMILES string of the molecule is Cc1cccc(C)c1NCC(=O)N1CCCCC1C(C)N. The third-order valence-corrected chi connectivity index (χ3v) is 4.37. The lowest BCUT2D eigenvalue weighted by Gasteiger charge is -2.38. The van der Waals surface area contributed by atoms with Crippen LogP contribution in [0.3, 0.4) is 0 Å². The van der Waals surface area contributed by atoms with Crippen LogP contribution < -0.4 is 11.1 Å². The molecule has 1 amide bonds. The molecule has 1 heterocycles. The first-order chi connectivity index (χ1) is 10.0. The van der Waals surface area contributed by atoms with Gasteiger partial charge in [0.1, 0.15) is 0 Å². The highest BCUT2D eigenvalue weighted by Gasteiger charge is 2.28. The fraction of sp³-hybridized carbons (Fsp3) is 0.588. The van der Waals surface area contributed by atoms with Crippen LogP contribution >= 0.6 is 0 Å². The van der Waals surface area contributed by atoms with E-state index in [9.17, 15) is 4.79 Å². The van der Waals surface area contributed by atoms with Gasteiger partial charge in [-0.2, -0.15) is 0 Å². The number of hydrogen-bond donors (Lipinski definition) is 2. The van der Waals surface area contributed by atoms with E-state index in [1.807, 2.05) is 17.9 Å². The molecule has 1 fully saturated rings. The smallest absolute Gasteiger partial charge is 0.242 e. The van der Waals surface area contributed by atoms with E-state index >= 15 is 0 Å². The molecule has 116 valence electrons. The maximum atomic E-state index is 12.5. The zero-order valence-corrected chi connectivity index (χ0v) is 13.4. The zero-order chi connectivity index (χ0) is 15.4.